The highest BCUT2D eigenvalue weighted by Crippen LogP contribution is 2.39. The number of anilines is 1. The van der Waals surface area contributed by atoms with Gasteiger partial charge in [0.05, 0.1) is 6.67 Å². The summed E-state index contributed by atoms with van der Waals surface area (Å²) in [4.78, 5) is 45.2. The minimum atomic E-state index is -0.693. The van der Waals surface area contributed by atoms with Gasteiger partial charge in [0.25, 0.3) is 5.91 Å². The van der Waals surface area contributed by atoms with Gasteiger partial charge in [0.15, 0.2) is 0 Å². The molecule has 1 aromatic carbocycles. The first-order valence-corrected chi connectivity index (χ1v) is 9.87. The zero-order valence-corrected chi connectivity index (χ0v) is 17.2. The van der Waals surface area contributed by atoms with Gasteiger partial charge >= 0.3 is 0 Å². The Morgan fingerprint density at radius 2 is 1.71 bits per heavy atom. The monoisotopic (exact) mass is 386 g/mol. The molecule has 2 fully saturated rings. The van der Waals surface area contributed by atoms with Gasteiger partial charge < -0.3 is 19.6 Å². The number of rotatable bonds is 4. The Hall–Kier alpha value is -2.57. The summed E-state index contributed by atoms with van der Waals surface area (Å²) < 4.78 is 0. The van der Waals surface area contributed by atoms with E-state index in [-0.39, 0.29) is 30.2 Å². The van der Waals surface area contributed by atoms with Crippen LogP contribution >= 0.6 is 0 Å². The number of amides is 3. The second-order valence-corrected chi connectivity index (χ2v) is 8.21. The van der Waals surface area contributed by atoms with Crippen molar-refractivity contribution in [3.8, 4) is 0 Å². The molecule has 0 aliphatic carbocycles. The lowest BCUT2D eigenvalue weighted by molar-refractivity contribution is -0.142. The van der Waals surface area contributed by atoms with E-state index >= 15 is 0 Å². The third kappa shape index (κ3) is 3.57. The minimum absolute atomic E-state index is 0.0109. The smallest absolute Gasteiger partial charge is 0.250 e. The largest absolute Gasteiger partial charge is 0.347 e. The van der Waals surface area contributed by atoms with Crippen molar-refractivity contribution in [2.75, 3.05) is 45.3 Å². The maximum absolute atomic E-state index is 13.4. The van der Waals surface area contributed by atoms with E-state index < -0.39 is 5.54 Å². The van der Waals surface area contributed by atoms with E-state index in [9.17, 15) is 14.4 Å². The van der Waals surface area contributed by atoms with Gasteiger partial charge in [-0.25, -0.2) is 0 Å². The molecule has 0 radical (unpaired) electrons. The van der Waals surface area contributed by atoms with Gasteiger partial charge in [0, 0.05) is 38.8 Å². The number of hydrogen-bond donors (Lipinski definition) is 0. The van der Waals surface area contributed by atoms with E-state index in [4.69, 9.17) is 0 Å². The summed E-state index contributed by atoms with van der Waals surface area (Å²) >= 11 is 0. The van der Waals surface area contributed by atoms with Crippen LogP contribution < -0.4 is 4.90 Å². The lowest BCUT2D eigenvalue weighted by Crippen LogP contribution is -2.57. The van der Waals surface area contributed by atoms with Gasteiger partial charge in [-0.2, -0.15) is 0 Å². The first kappa shape index (κ1) is 20.2. The normalized spacial score (nSPS) is 18.9. The van der Waals surface area contributed by atoms with E-state index in [0.717, 1.165) is 5.69 Å². The fraction of sp³-hybridized carbons (Fsp3) is 0.571. The number of piperidine rings is 1. The molecule has 3 amide bonds. The molecule has 2 heterocycles. The molecule has 2 aliphatic rings. The van der Waals surface area contributed by atoms with Crippen molar-refractivity contribution in [3.05, 3.63) is 30.3 Å². The number of hydrogen-bond acceptors (Lipinski definition) is 4. The van der Waals surface area contributed by atoms with Gasteiger partial charge in [-0.1, -0.05) is 32.0 Å². The minimum Gasteiger partial charge on any atom is -0.347 e. The fourth-order valence-electron chi connectivity index (χ4n) is 4.09. The molecule has 28 heavy (non-hydrogen) atoms. The fourth-order valence-corrected chi connectivity index (χ4v) is 4.09. The summed E-state index contributed by atoms with van der Waals surface area (Å²) in [6, 6.07) is 9.86. The highest BCUT2D eigenvalue weighted by Gasteiger charge is 2.54. The van der Waals surface area contributed by atoms with Crippen molar-refractivity contribution in [2.24, 2.45) is 5.92 Å². The predicted molar refractivity (Wildman–Crippen MR) is 108 cm³/mol. The first-order valence-electron chi connectivity index (χ1n) is 9.87. The van der Waals surface area contributed by atoms with Crippen LogP contribution in [0.2, 0.25) is 0 Å². The second-order valence-electron chi connectivity index (χ2n) is 8.21. The molecule has 0 bridgehead atoms. The summed E-state index contributed by atoms with van der Waals surface area (Å²) in [7, 11) is 3.40. The van der Waals surface area contributed by atoms with Gasteiger partial charge in [-0.15, -0.1) is 0 Å². The lowest BCUT2D eigenvalue weighted by atomic mass is 9.85. The number of nitrogens with zero attached hydrogens (tertiary/aromatic N) is 4. The SMILES string of the molecule is CC(C)C(=O)N1CCC2(CC1)C(=O)N(CC(=O)N(C)C)CN2c1ccccc1. The Bertz CT molecular complexity index is 739. The van der Waals surface area contributed by atoms with Crippen LogP contribution in [-0.4, -0.2) is 78.4 Å². The average Bonchev–Trinajstić information content (AvgIpc) is 2.94. The van der Waals surface area contributed by atoms with Crippen LogP contribution in [0.3, 0.4) is 0 Å². The van der Waals surface area contributed by atoms with Crippen LogP contribution in [0, 0.1) is 5.92 Å². The van der Waals surface area contributed by atoms with E-state index in [0.29, 0.717) is 32.6 Å². The summed E-state index contributed by atoms with van der Waals surface area (Å²) in [6.45, 7) is 5.38. The van der Waals surface area contributed by atoms with Crippen molar-refractivity contribution < 1.29 is 14.4 Å². The maximum atomic E-state index is 13.4. The number of likely N-dealkylation sites (tertiary alicyclic amines) is 1. The molecule has 152 valence electrons. The molecule has 7 heteroatoms. The molecule has 1 spiro atoms. The van der Waals surface area contributed by atoms with Crippen molar-refractivity contribution in [1.29, 1.82) is 0 Å². The number of benzene rings is 1. The van der Waals surface area contributed by atoms with Crippen LogP contribution in [0.5, 0.6) is 0 Å². The Kier molecular flexibility index (Phi) is 5.63. The van der Waals surface area contributed by atoms with Crippen LogP contribution in [0.15, 0.2) is 30.3 Å². The molecule has 0 unspecified atom stereocenters. The van der Waals surface area contributed by atoms with Crippen molar-refractivity contribution in [1.82, 2.24) is 14.7 Å². The molecule has 7 nitrogen and oxygen atoms in total. The van der Waals surface area contributed by atoms with E-state index in [1.165, 1.54) is 4.90 Å². The molecular formula is C21H30N4O3. The van der Waals surface area contributed by atoms with Gasteiger partial charge in [0.2, 0.25) is 11.8 Å². The van der Waals surface area contributed by atoms with Gasteiger partial charge in [-0.3, -0.25) is 14.4 Å². The predicted octanol–water partition coefficient (Wildman–Crippen LogP) is 1.40. The quantitative estimate of drug-likeness (QED) is 0.785. The Morgan fingerprint density at radius 3 is 2.25 bits per heavy atom. The zero-order valence-electron chi connectivity index (χ0n) is 17.2. The van der Waals surface area contributed by atoms with E-state index in [1.54, 1.807) is 19.0 Å². The topological polar surface area (TPSA) is 64.2 Å². The average molecular weight is 386 g/mol. The Balaban J connectivity index is 1.86. The van der Waals surface area contributed by atoms with Crippen LogP contribution in [0.25, 0.3) is 0 Å². The van der Waals surface area contributed by atoms with Gasteiger partial charge in [0.1, 0.15) is 12.1 Å². The van der Waals surface area contributed by atoms with Crippen LogP contribution in [0.1, 0.15) is 26.7 Å². The van der Waals surface area contributed by atoms with E-state index in [2.05, 4.69) is 4.90 Å². The molecule has 0 N–H and O–H groups in total. The lowest BCUT2D eigenvalue weighted by Gasteiger charge is -2.43. The van der Waals surface area contributed by atoms with E-state index in [1.807, 2.05) is 49.1 Å². The number of carbonyl (C=O) groups is 3. The Labute approximate surface area is 166 Å². The third-order valence-electron chi connectivity index (χ3n) is 5.80. The molecule has 3 rings (SSSR count). The molecule has 2 saturated heterocycles. The molecule has 1 aromatic rings. The summed E-state index contributed by atoms with van der Waals surface area (Å²) in [5.74, 6) is -0.0204. The highest BCUT2D eigenvalue weighted by atomic mass is 16.2. The van der Waals surface area contributed by atoms with Crippen molar-refractivity contribution >= 4 is 23.4 Å². The number of likely N-dealkylation sites (N-methyl/N-ethyl adjacent to an activating group) is 1. The van der Waals surface area contributed by atoms with Crippen molar-refractivity contribution in [2.45, 2.75) is 32.2 Å². The van der Waals surface area contributed by atoms with Crippen molar-refractivity contribution in [3.63, 3.8) is 0 Å². The molecule has 0 aromatic heterocycles. The molecular weight excluding hydrogens is 356 g/mol. The van der Waals surface area contributed by atoms with Crippen LogP contribution in [0.4, 0.5) is 5.69 Å². The molecule has 0 atom stereocenters. The number of carbonyl (C=O) groups excluding carboxylic acids is 3. The molecule has 0 saturated carbocycles. The number of para-hydroxylation sites is 1. The summed E-state index contributed by atoms with van der Waals surface area (Å²) in [5.41, 5.74) is 0.279. The highest BCUT2D eigenvalue weighted by molar-refractivity contribution is 5.96. The molecule has 2 aliphatic heterocycles. The Morgan fingerprint density at radius 1 is 1.11 bits per heavy atom. The first-order chi connectivity index (χ1) is 13.3. The van der Waals surface area contributed by atoms with Crippen LogP contribution in [-0.2, 0) is 14.4 Å². The summed E-state index contributed by atoms with van der Waals surface area (Å²) in [5, 5.41) is 0. The second kappa shape index (κ2) is 7.81. The zero-order chi connectivity index (χ0) is 20.5. The summed E-state index contributed by atoms with van der Waals surface area (Å²) in [6.07, 6.45) is 1.15. The van der Waals surface area contributed by atoms with Gasteiger partial charge in [-0.05, 0) is 25.0 Å². The third-order valence-corrected chi connectivity index (χ3v) is 5.80. The maximum Gasteiger partial charge on any atom is 0.250 e. The standard InChI is InChI=1S/C21H30N4O3/c1-16(2)19(27)23-12-10-21(11-13-23)20(28)24(14-18(26)22(3)4)15-25(21)17-8-6-5-7-9-17/h5-9,16H,10-15H2,1-4H3.